The molecular weight excluding hydrogens is 276 g/mol. The van der Waals surface area contributed by atoms with Crippen molar-refractivity contribution in [3.63, 3.8) is 0 Å². The number of nitrogens with two attached hydrogens (primary N) is 1. The van der Waals surface area contributed by atoms with Crippen molar-refractivity contribution in [3.8, 4) is 5.75 Å². The van der Waals surface area contributed by atoms with Gasteiger partial charge in [-0.15, -0.1) is 0 Å². The van der Waals surface area contributed by atoms with Crippen molar-refractivity contribution in [1.82, 2.24) is 4.90 Å². The van der Waals surface area contributed by atoms with E-state index in [-0.39, 0.29) is 11.7 Å². The Labute approximate surface area is 122 Å². The monoisotopic (exact) mass is 290 g/mol. The van der Waals surface area contributed by atoms with E-state index >= 15 is 0 Å². The lowest BCUT2D eigenvalue weighted by Gasteiger charge is -2.18. The van der Waals surface area contributed by atoms with Crippen molar-refractivity contribution < 1.29 is 9.90 Å². The molecule has 0 spiro atoms. The minimum Gasteiger partial charge on any atom is -0.508 e. The van der Waals surface area contributed by atoms with Gasteiger partial charge in [-0.25, -0.2) is 0 Å². The Balaban J connectivity index is 2.17. The van der Waals surface area contributed by atoms with Crippen molar-refractivity contribution in [2.75, 3.05) is 12.8 Å². The Bertz CT molecular complexity index is 644. The first-order chi connectivity index (χ1) is 9.47. The van der Waals surface area contributed by atoms with Crippen LogP contribution in [0.5, 0.6) is 5.75 Å². The first-order valence-electron chi connectivity index (χ1n) is 6.06. The highest BCUT2D eigenvalue weighted by Gasteiger charge is 2.14. The number of rotatable bonds is 3. The molecule has 0 aromatic heterocycles. The lowest BCUT2D eigenvalue weighted by Crippen LogP contribution is -2.26. The second kappa shape index (κ2) is 5.84. The van der Waals surface area contributed by atoms with Crippen LogP contribution in [-0.2, 0) is 6.54 Å². The molecule has 104 valence electrons. The van der Waals surface area contributed by atoms with Crippen LogP contribution < -0.4 is 5.73 Å². The third kappa shape index (κ3) is 3.22. The van der Waals surface area contributed by atoms with Gasteiger partial charge in [-0.1, -0.05) is 17.7 Å². The molecule has 4 nitrogen and oxygen atoms in total. The number of amides is 1. The zero-order valence-electron chi connectivity index (χ0n) is 11.0. The summed E-state index contributed by atoms with van der Waals surface area (Å²) in [6.45, 7) is 0.346. The summed E-state index contributed by atoms with van der Waals surface area (Å²) in [6.07, 6.45) is 0. The molecule has 0 saturated carbocycles. The Morgan fingerprint density at radius 1 is 1.30 bits per heavy atom. The molecule has 0 fully saturated rings. The number of phenolic OH excluding ortho intramolecular Hbond substituents is 1. The van der Waals surface area contributed by atoms with E-state index in [9.17, 15) is 9.90 Å². The molecule has 0 radical (unpaired) electrons. The predicted octanol–water partition coefficient (Wildman–Crippen LogP) is 2.90. The minimum atomic E-state index is -0.195. The molecule has 0 aliphatic heterocycles. The number of carbonyl (C=O) groups is 1. The molecule has 20 heavy (non-hydrogen) atoms. The van der Waals surface area contributed by atoms with E-state index < -0.39 is 0 Å². The van der Waals surface area contributed by atoms with Crippen LogP contribution in [0, 0.1) is 0 Å². The molecule has 2 rings (SSSR count). The van der Waals surface area contributed by atoms with Gasteiger partial charge >= 0.3 is 0 Å². The topological polar surface area (TPSA) is 66.6 Å². The standard InChI is InChI=1S/C15H15ClN2O2/c1-18(9-11-7-12(17)5-6-14(11)16)15(20)10-3-2-4-13(19)8-10/h2-8,19H,9,17H2,1H3. The van der Waals surface area contributed by atoms with Crippen molar-refractivity contribution in [1.29, 1.82) is 0 Å². The Morgan fingerprint density at radius 2 is 2.05 bits per heavy atom. The van der Waals surface area contributed by atoms with Gasteiger partial charge in [0.2, 0.25) is 0 Å². The second-order valence-corrected chi connectivity index (χ2v) is 4.97. The molecular formula is C15H15ClN2O2. The summed E-state index contributed by atoms with van der Waals surface area (Å²) < 4.78 is 0. The number of hydrogen-bond donors (Lipinski definition) is 2. The molecule has 0 aliphatic carbocycles. The first-order valence-corrected chi connectivity index (χ1v) is 6.43. The van der Waals surface area contributed by atoms with Crippen molar-refractivity contribution in [3.05, 3.63) is 58.6 Å². The zero-order chi connectivity index (χ0) is 14.7. The number of benzene rings is 2. The van der Waals surface area contributed by atoms with Crippen LogP contribution in [0.15, 0.2) is 42.5 Å². The first kappa shape index (κ1) is 14.2. The van der Waals surface area contributed by atoms with Gasteiger partial charge in [0, 0.05) is 29.9 Å². The summed E-state index contributed by atoms with van der Waals surface area (Å²) >= 11 is 6.08. The van der Waals surface area contributed by atoms with E-state index in [2.05, 4.69) is 0 Å². The number of nitrogen functional groups attached to an aromatic ring is 1. The van der Waals surface area contributed by atoms with Gasteiger partial charge in [0.05, 0.1) is 0 Å². The number of aromatic hydroxyl groups is 1. The molecule has 0 saturated heterocycles. The maximum atomic E-state index is 12.2. The number of nitrogens with zero attached hydrogens (tertiary/aromatic N) is 1. The Kier molecular flexibility index (Phi) is 4.15. The Hall–Kier alpha value is -2.20. The van der Waals surface area contributed by atoms with Gasteiger partial charge in [0.25, 0.3) is 5.91 Å². The van der Waals surface area contributed by atoms with Gasteiger partial charge in [0.1, 0.15) is 5.75 Å². The van der Waals surface area contributed by atoms with Crippen LogP contribution >= 0.6 is 11.6 Å². The smallest absolute Gasteiger partial charge is 0.254 e. The predicted molar refractivity (Wildman–Crippen MR) is 79.8 cm³/mol. The van der Waals surface area contributed by atoms with Gasteiger partial charge in [-0.3, -0.25) is 4.79 Å². The zero-order valence-corrected chi connectivity index (χ0v) is 11.8. The molecule has 2 aromatic rings. The van der Waals surface area contributed by atoms with E-state index in [1.807, 2.05) is 0 Å². The molecule has 0 bridgehead atoms. The number of carbonyl (C=O) groups excluding carboxylic acids is 1. The second-order valence-electron chi connectivity index (χ2n) is 4.56. The molecule has 5 heteroatoms. The molecule has 0 aliphatic rings. The summed E-state index contributed by atoms with van der Waals surface area (Å²) in [7, 11) is 1.67. The third-order valence-electron chi connectivity index (χ3n) is 2.92. The SMILES string of the molecule is CN(Cc1cc(N)ccc1Cl)C(=O)c1cccc(O)c1. The maximum Gasteiger partial charge on any atom is 0.254 e. The lowest BCUT2D eigenvalue weighted by atomic mass is 10.1. The lowest BCUT2D eigenvalue weighted by molar-refractivity contribution is 0.0785. The average Bonchev–Trinajstić information content (AvgIpc) is 2.42. The van der Waals surface area contributed by atoms with Gasteiger partial charge in [0.15, 0.2) is 0 Å². The van der Waals surface area contributed by atoms with Gasteiger partial charge in [-0.05, 0) is 42.0 Å². The Morgan fingerprint density at radius 3 is 2.75 bits per heavy atom. The molecule has 0 heterocycles. The van der Waals surface area contributed by atoms with Crippen LogP contribution in [0.4, 0.5) is 5.69 Å². The summed E-state index contributed by atoms with van der Waals surface area (Å²) in [5.41, 5.74) is 7.52. The largest absolute Gasteiger partial charge is 0.508 e. The van der Waals surface area contributed by atoms with Gasteiger partial charge in [-0.2, -0.15) is 0 Å². The summed E-state index contributed by atoms with van der Waals surface area (Å²) in [4.78, 5) is 13.8. The highest BCUT2D eigenvalue weighted by molar-refractivity contribution is 6.31. The van der Waals surface area contributed by atoms with Crippen LogP contribution in [0.1, 0.15) is 15.9 Å². The van der Waals surface area contributed by atoms with Crippen LogP contribution in [0.2, 0.25) is 5.02 Å². The highest BCUT2D eigenvalue weighted by atomic mass is 35.5. The normalized spacial score (nSPS) is 10.3. The molecule has 0 unspecified atom stereocenters. The quantitative estimate of drug-likeness (QED) is 0.854. The molecule has 2 aromatic carbocycles. The van der Waals surface area contributed by atoms with E-state index in [0.29, 0.717) is 22.8 Å². The third-order valence-corrected chi connectivity index (χ3v) is 3.29. The fourth-order valence-corrected chi connectivity index (χ4v) is 2.08. The van der Waals surface area contributed by atoms with Crippen molar-refractivity contribution >= 4 is 23.2 Å². The molecule has 0 atom stereocenters. The average molecular weight is 291 g/mol. The van der Waals surface area contributed by atoms with Crippen LogP contribution in [0.3, 0.4) is 0 Å². The fourth-order valence-electron chi connectivity index (χ4n) is 1.90. The van der Waals surface area contributed by atoms with Crippen LogP contribution in [0.25, 0.3) is 0 Å². The van der Waals surface area contributed by atoms with E-state index in [1.54, 1.807) is 37.4 Å². The van der Waals surface area contributed by atoms with Crippen molar-refractivity contribution in [2.45, 2.75) is 6.54 Å². The minimum absolute atomic E-state index is 0.0613. The number of hydrogen-bond acceptors (Lipinski definition) is 3. The maximum absolute atomic E-state index is 12.2. The number of anilines is 1. The van der Waals surface area contributed by atoms with Crippen LogP contribution in [-0.4, -0.2) is 23.0 Å². The molecule has 1 amide bonds. The van der Waals surface area contributed by atoms with Gasteiger partial charge < -0.3 is 15.7 Å². The summed E-state index contributed by atoms with van der Waals surface area (Å²) in [5.74, 6) is -0.134. The molecule has 3 N–H and O–H groups in total. The summed E-state index contributed by atoms with van der Waals surface area (Å²) in [6, 6.07) is 11.4. The highest BCUT2D eigenvalue weighted by Crippen LogP contribution is 2.21. The summed E-state index contributed by atoms with van der Waals surface area (Å²) in [5, 5.41) is 9.97. The number of phenols is 1. The number of halogens is 1. The fraction of sp³-hybridized carbons (Fsp3) is 0.133. The van der Waals surface area contributed by atoms with E-state index in [1.165, 1.54) is 17.0 Å². The van der Waals surface area contributed by atoms with E-state index in [4.69, 9.17) is 17.3 Å². The van der Waals surface area contributed by atoms with Crippen molar-refractivity contribution in [2.24, 2.45) is 0 Å². The van der Waals surface area contributed by atoms with E-state index in [0.717, 1.165) is 5.56 Å².